The molecule has 0 atom stereocenters. The van der Waals surface area contributed by atoms with Gasteiger partial charge in [0.1, 0.15) is 18.1 Å². The number of aromatic amines is 1. The van der Waals surface area contributed by atoms with Crippen molar-refractivity contribution in [2.24, 2.45) is 0 Å². The van der Waals surface area contributed by atoms with Crippen LogP contribution in [0, 0.1) is 6.92 Å². The number of benzene rings is 1. The number of hydrogen-bond donors (Lipinski definition) is 1. The van der Waals surface area contributed by atoms with Gasteiger partial charge in [-0.15, -0.1) is 0 Å². The van der Waals surface area contributed by atoms with Crippen LogP contribution in [0.1, 0.15) is 55.1 Å². The maximum atomic E-state index is 12.6. The second kappa shape index (κ2) is 9.90. The molecule has 0 fully saturated rings. The highest BCUT2D eigenvalue weighted by atomic mass is 16.6. The molecule has 3 heterocycles. The van der Waals surface area contributed by atoms with Crippen LogP contribution in [0.25, 0.3) is 22.4 Å². The second-order valence-corrected chi connectivity index (χ2v) is 8.13. The minimum atomic E-state index is -0.696. The summed E-state index contributed by atoms with van der Waals surface area (Å²) in [6.45, 7) is 6.70. The van der Waals surface area contributed by atoms with Gasteiger partial charge >= 0.3 is 11.7 Å². The average Bonchev–Trinajstić information content (AvgIpc) is 3.44. The number of unbranched alkanes of at least 4 members (excludes halogenated alkanes) is 1. The SMILES string of the molecule is CCCCn1c(=O)[nH]c(=O)c2c1nc(COC(=O)c1cc(-c3ccc(C)cc3)no1)n2CCC. The number of fused-ring (bicyclic) bond motifs is 1. The lowest BCUT2D eigenvalue weighted by atomic mass is 10.1. The summed E-state index contributed by atoms with van der Waals surface area (Å²) >= 11 is 0. The summed E-state index contributed by atoms with van der Waals surface area (Å²) in [4.78, 5) is 44.5. The molecule has 10 nitrogen and oxygen atoms in total. The quantitative estimate of drug-likeness (QED) is 0.376. The Morgan fingerprint density at radius 1 is 1.09 bits per heavy atom. The van der Waals surface area contributed by atoms with Crippen molar-refractivity contribution in [3.63, 3.8) is 0 Å². The van der Waals surface area contributed by atoms with Gasteiger partial charge in [0.2, 0.25) is 5.76 Å². The van der Waals surface area contributed by atoms with E-state index in [1.807, 2.05) is 45.0 Å². The third-order valence-corrected chi connectivity index (χ3v) is 5.54. The Bertz CT molecular complexity index is 1420. The molecule has 0 aliphatic carbocycles. The third kappa shape index (κ3) is 4.57. The van der Waals surface area contributed by atoms with Crippen LogP contribution in [0.4, 0.5) is 0 Å². The topological polar surface area (TPSA) is 125 Å². The van der Waals surface area contributed by atoms with Crippen molar-refractivity contribution in [1.82, 2.24) is 24.3 Å². The molecule has 10 heteroatoms. The van der Waals surface area contributed by atoms with E-state index in [-0.39, 0.29) is 12.4 Å². The molecule has 3 aromatic heterocycles. The summed E-state index contributed by atoms with van der Waals surface area (Å²) in [5.74, 6) is -0.352. The number of H-pyrrole nitrogens is 1. The number of carbonyl (C=O) groups is 1. The van der Waals surface area contributed by atoms with Gasteiger partial charge in [0.25, 0.3) is 5.56 Å². The van der Waals surface area contributed by atoms with E-state index in [0.717, 1.165) is 30.4 Å². The highest BCUT2D eigenvalue weighted by Gasteiger charge is 2.21. The van der Waals surface area contributed by atoms with E-state index in [1.165, 1.54) is 10.6 Å². The molecule has 1 N–H and O–H groups in total. The number of rotatable bonds is 9. The van der Waals surface area contributed by atoms with Crippen molar-refractivity contribution in [1.29, 1.82) is 0 Å². The predicted molar refractivity (Wildman–Crippen MR) is 126 cm³/mol. The minimum Gasteiger partial charge on any atom is -0.452 e. The van der Waals surface area contributed by atoms with Gasteiger partial charge < -0.3 is 13.8 Å². The molecule has 0 amide bonds. The smallest absolute Gasteiger partial charge is 0.377 e. The van der Waals surface area contributed by atoms with Gasteiger partial charge in [0.15, 0.2) is 11.2 Å². The zero-order valence-electron chi connectivity index (χ0n) is 19.5. The molecule has 178 valence electrons. The van der Waals surface area contributed by atoms with Crippen molar-refractivity contribution in [3.05, 3.63) is 68.3 Å². The van der Waals surface area contributed by atoms with E-state index >= 15 is 0 Å². The first kappa shape index (κ1) is 23.2. The lowest BCUT2D eigenvalue weighted by Crippen LogP contribution is -2.31. The Kier molecular flexibility index (Phi) is 6.76. The standard InChI is InChI=1S/C24H27N5O5/c1-4-6-12-29-21-20(22(30)26-24(29)32)28(11-5-2)19(25-21)14-33-23(31)18-13-17(27-34-18)16-9-7-15(3)8-10-16/h7-10,13H,4-6,11-12,14H2,1-3H3,(H,26,30,32). The zero-order chi connectivity index (χ0) is 24.2. The molecule has 4 rings (SSSR count). The summed E-state index contributed by atoms with van der Waals surface area (Å²) in [5.41, 5.74) is 2.04. The molecule has 1 aromatic carbocycles. The van der Waals surface area contributed by atoms with Crippen LogP contribution in [-0.2, 0) is 24.4 Å². The first-order chi connectivity index (χ1) is 16.4. The molecule has 0 unspecified atom stereocenters. The average molecular weight is 466 g/mol. The number of esters is 1. The van der Waals surface area contributed by atoms with Crippen LogP contribution >= 0.6 is 0 Å². The van der Waals surface area contributed by atoms with Crippen LogP contribution in [0.2, 0.25) is 0 Å². The molecule has 0 aliphatic rings. The van der Waals surface area contributed by atoms with Gasteiger partial charge in [-0.3, -0.25) is 14.3 Å². The summed E-state index contributed by atoms with van der Waals surface area (Å²) in [5, 5.41) is 3.96. The van der Waals surface area contributed by atoms with E-state index in [4.69, 9.17) is 9.26 Å². The number of imidazole rings is 1. The molecule has 0 spiro atoms. The number of ether oxygens (including phenoxy) is 1. The fourth-order valence-electron chi connectivity index (χ4n) is 3.75. The van der Waals surface area contributed by atoms with Gasteiger partial charge in [-0.1, -0.05) is 55.3 Å². The van der Waals surface area contributed by atoms with Gasteiger partial charge in [-0.25, -0.2) is 14.6 Å². The predicted octanol–water partition coefficient (Wildman–Crippen LogP) is 3.42. The van der Waals surface area contributed by atoms with Crippen molar-refractivity contribution < 1.29 is 14.1 Å². The van der Waals surface area contributed by atoms with E-state index < -0.39 is 17.2 Å². The first-order valence-corrected chi connectivity index (χ1v) is 11.4. The Morgan fingerprint density at radius 3 is 2.56 bits per heavy atom. The highest BCUT2D eigenvalue weighted by molar-refractivity contribution is 5.87. The Hall–Kier alpha value is -3.95. The van der Waals surface area contributed by atoms with Crippen LogP contribution in [0.5, 0.6) is 0 Å². The summed E-state index contributed by atoms with van der Waals surface area (Å²) in [7, 11) is 0. The van der Waals surface area contributed by atoms with Crippen LogP contribution < -0.4 is 11.2 Å². The maximum Gasteiger partial charge on any atom is 0.377 e. The fourth-order valence-corrected chi connectivity index (χ4v) is 3.75. The zero-order valence-corrected chi connectivity index (χ0v) is 19.5. The van der Waals surface area contributed by atoms with Gasteiger partial charge in [-0.05, 0) is 19.8 Å². The van der Waals surface area contributed by atoms with Crippen LogP contribution in [0.3, 0.4) is 0 Å². The normalized spacial score (nSPS) is 11.3. The Balaban J connectivity index is 1.60. The third-order valence-electron chi connectivity index (χ3n) is 5.54. The number of aromatic nitrogens is 5. The molecule has 34 heavy (non-hydrogen) atoms. The van der Waals surface area contributed by atoms with Gasteiger partial charge in [-0.2, -0.15) is 0 Å². The van der Waals surface area contributed by atoms with E-state index in [0.29, 0.717) is 35.8 Å². The molecule has 0 saturated heterocycles. The van der Waals surface area contributed by atoms with Crippen molar-refractivity contribution >= 4 is 17.1 Å². The van der Waals surface area contributed by atoms with E-state index in [2.05, 4.69) is 15.1 Å². The number of nitrogens with one attached hydrogen (secondary N) is 1. The number of aryl methyl sites for hydroxylation is 3. The minimum absolute atomic E-state index is 0.0357. The monoisotopic (exact) mass is 465 g/mol. The molecule has 0 saturated carbocycles. The molecular weight excluding hydrogens is 438 g/mol. The summed E-state index contributed by atoms with van der Waals surface area (Å²) < 4.78 is 13.8. The molecular formula is C24H27N5O5. The second-order valence-electron chi connectivity index (χ2n) is 8.13. The Labute approximate surface area is 195 Å². The summed E-state index contributed by atoms with van der Waals surface area (Å²) in [6, 6.07) is 9.20. The lowest BCUT2D eigenvalue weighted by Gasteiger charge is -2.08. The van der Waals surface area contributed by atoms with Crippen LogP contribution in [0.15, 0.2) is 44.4 Å². The largest absolute Gasteiger partial charge is 0.452 e. The van der Waals surface area contributed by atoms with Crippen molar-refractivity contribution in [2.45, 2.75) is 59.7 Å². The first-order valence-electron chi connectivity index (χ1n) is 11.4. The van der Waals surface area contributed by atoms with Crippen molar-refractivity contribution in [3.8, 4) is 11.3 Å². The van der Waals surface area contributed by atoms with Gasteiger partial charge in [0, 0.05) is 24.7 Å². The summed E-state index contributed by atoms with van der Waals surface area (Å²) in [6.07, 6.45) is 2.37. The lowest BCUT2D eigenvalue weighted by molar-refractivity contribution is 0.0412. The maximum absolute atomic E-state index is 12.6. The van der Waals surface area contributed by atoms with Gasteiger partial charge in [0.05, 0.1) is 0 Å². The molecule has 0 aliphatic heterocycles. The van der Waals surface area contributed by atoms with Crippen molar-refractivity contribution in [2.75, 3.05) is 0 Å². The number of hydrogen-bond acceptors (Lipinski definition) is 7. The highest BCUT2D eigenvalue weighted by Crippen LogP contribution is 2.21. The number of nitrogens with zero attached hydrogens (tertiary/aromatic N) is 4. The van der Waals surface area contributed by atoms with E-state index in [1.54, 1.807) is 4.57 Å². The molecule has 4 aromatic rings. The Morgan fingerprint density at radius 2 is 1.85 bits per heavy atom. The fraction of sp³-hybridized carbons (Fsp3) is 0.375. The van der Waals surface area contributed by atoms with Crippen LogP contribution in [-0.4, -0.2) is 30.2 Å². The molecule has 0 bridgehead atoms. The number of carbonyl (C=O) groups excluding carboxylic acids is 1. The molecule has 0 radical (unpaired) electrons. The van der Waals surface area contributed by atoms with E-state index in [9.17, 15) is 14.4 Å².